The van der Waals surface area contributed by atoms with Crippen molar-refractivity contribution in [3.05, 3.63) is 32.6 Å². The number of hydrogen-bond donors (Lipinski definition) is 3. The predicted octanol–water partition coefficient (Wildman–Crippen LogP) is -2.08. The highest BCUT2D eigenvalue weighted by molar-refractivity contribution is 5.97. The second-order valence-corrected chi connectivity index (χ2v) is 6.69. The van der Waals surface area contributed by atoms with Crippen LogP contribution in [0.2, 0.25) is 0 Å². The topological polar surface area (TPSA) is 145 Å². The van der Waals surface area contributed by atoms with Crippen LogP contribution < -0.4 is 16.6 Å². The molecule has 2 aliphatic heterocycles. The van der Waals surface area contributed by atoms with Crippen molar-refractivity contribution in [1.29, 1.82) is 0 Å². The van der Waals surface area contributed by atoms with E-state index in [1.807, 2.05) is 0 Å². The third-order valence-electron chi connectivity index (χ3n) is 4.83. The first-order valence-corrected chi connectivity index (χ1v) is 8.64. The average Bonchev–Trinajstić information content (AvgIpc) is 2.99. The van der Waals surface area contributed by atoms with E-state index in [1.165, 1.54) is 15.7 Å². The number of urea groups is 1. The lowest BCUT2D eigenvalue weighted by atomic mass is 10.2. The van der Waals surface area contributed by atoms with Crippen LogP contribution in [0.5, 0.6) is 0 Å². The molecule has 2 atom stereocenters. The minimum absolute atomic E-state index is 0.0221. The molecule has 0 saturated carbocycles. The molecule has 0 radical (unpaired) electrons. The summed E-state index contributed by atoms with van der Waals surface area (Å²) < 4.78 is 1.22. The van der Waals surface area contributed by atoms with Crippen molar-refractivity contribution in [1.82, 2.24) is 24.7 Å². The van der Waals surface area contributed by atoms with E-state index in [9.17, 15) is 29.1 Å². The van der Waals surface area contributed by atoms with E-state index in [4.69, 9.17) is 0 Å². The highest BCUT2D eigenvalue weighted by Gasteiger charge is 2.36. The van der Waals surface area contributed by atoms with Crippen molar-refractivity contribution in [3.8, 4) is 0 Å². The largest absolute Gasteiger partial charge is 0.389 e. The Morgan fingerprint density at radius 2 is 2.00 bits per heavy atom. The molecule has 0 aromatic carbocycles. The first kappa shape index (κ1) is 18.8. The van der Waals surface area contributed by atoms with Crippen molar-refractivity contribution >= 4 is 17.8 Å². The van der Waals surface area contributed by atoms with Gasteiger partial charge in [-0.2, -0.15) is 0 Å². The number of hydrogen-bond acceptors (Lipinski definition) is 6. The lowest BCUT2D eigenvalue weighted by Gasteiger charge is -2.26. The number of carbonyl (C=O) groups is 3. The SMILES string of the molecule is Cc1cn([C@@H]2CN(C(=O)CCN3C(=O)CCNC3=O)C[C@H]2O)c(=O)[nH]c1=O. The van der Waals surface area contributed by atoms with Gasteiger partial charge in [0.2, 0.25) is 11.8 Å². The fourth-order valence-electron chi connectivity index (χ4n) is 3.29. The Labute approximate surface area is 153 Å². The van der Waals surface area contributed by atoms with E-state index in [2.05, 4.69) is 10.3 Å². The number of likely N-dealkylation sites (tertiary alicyclic amines) is 1. The normalized spacial score (nSPS) is 22.9. The molecule has 1 aromatic heterocycles. The van der Waals surface area contributed by atoms with Gasteiger partial charge in [0.1, 0.15) is 0 Å². The molecule has 0 aliphatic carbocycles. The molecule has 4 amide bonds. The molecule has 0 unspecified atom stereocenters. The van der Waals surface area contributed by atoms with Crippen LogP contribution in [0.3, 0.4) is 0 Å². The summed E-state index contributed by atoms with van der Waals surface area (Å²) in [5.41, 5.74) is -0.832. The molecule has 0 spiro atoms. The third-order valence-corrected chi connectivity index (χ3v) is 4.83. The number of imide groups is 1. The molecule has 0 bridgehead atoms. The van der Waals surface area contributed by atoms with Gasteiger partial charge in [-0.3, -0.25) is 28.8 Å². The molecule has 2 aliphatic rings. The maximum Gasteiger partial charge on any atom is 0.328 e. The molecule has 3 rings (SSSR count). The molecule has 2 fully saturated rings. The molecule has 3 heterocycles. The van der Waals surface area contributed by atoms with Gasteiger partial charge < -0.3 is 15.3 Å². The number of H-pyrrole nitrogens is 1. The maximum absolute atomic E-state index is 12.4. The summed E-state index contributed by atoms with van der Waals surface area (Å²) in [5.74, 6) is -0.668. The highest BCUT2D eigenvalue weighted by Crippen LogP contribution is 2.21. The van der Waals surface area contributed by atoms with Gasteiger partial charge in [-0.25, -0.2) is 9.59 Å². The summed E-state index contributed by atoms with van der Waals surface area (Å²) >= 11 is 0. The Morgan fingerprint density at radius 3 is 2.70 bits per heavy atom. The zero-order valence-corrected chi connectivity index (χ0v) is 14.8. The lowest BCUT2D eigenvalue weighted by Crippen LogP contribution is -2.50. The van der Waals surface area contributed by atoms with Crippen LogP contribution >= 0.6 is 0 Å². The minimum atomic E-state index is -0.975. The number of carbonyl (C=O) groups excluding carboxylic acids is 3. The predicted molar refractivity (Wildman–Crippen MR) is 92.0 cm³/mol. The average molecular weight is 379 g/mol. The Kier molecular flexibility index (Phi) is 5.13. The van der Waals surface area contributed by atoms with Crippen molar-refractivity contribution in [3.63, 3.8) is 0 Å². The Balaban J connectivity index is 1.65. The Morgan fingerprint density at radius 1 is 1.26 bits per heavy atom. The first-order chi connectivity index (χ1) is 12.8. The van der Waals surface area contributed by atoms with Crippen LogP contribution in [0.15, 0.2) is 15.8 Å². The summed E-state index contributed by atoms with van der Waals surface area (Å²) in [4.78, 5) is 63.9. The Hall–Kier alpha value is -2.95. The number of aromatic nitrogens is 2. The van der Waals surface area contributed by atoms with Gasteiger partial charge in [-0.15, -0.1) is 0 Å². The molecule has 11 nitrogen and oxygen atoms in total. The smallest absolute Gasteiger partial charge is 0.328 e. The number of amides is 4. The molecule has 1 aromatic rings. The fourth-order valence-corrected chi connectivity index (χ4v) is 3.29. The number of aliphatic hydroxyl groups is 1. The van der Waals surface area contributed by atoms with Crippen molar-refractivity contribution < 1.29 is 19.5 Å². The fraction of sp³-hybridized carbons (Fsp3) is 0.562. The van der Waals surface area contributed by atoms with Gasteiger partial charge in [-0.05, 0) is 6.92 Å². The van der Waals surface area contributed by atoms with Gasteiger partial charge >= 0.3 is 11.7 Å². The number of aromatic amines is 1. The quantitative estimate of drug-likeness (QED) is 0.548. The van der Waals surface area contributed by atoms with E-state index in [-0.39, 0.29) is 50.8 Å². The number of nitrogens with one attached hydrogen (secondary N) is 2. The lowest BCUT2D eigenvalue weighted by molar-refractivity contribution is -0.132. The van der Waals surface area contributed by atoms with E-state index in [1.54, 1.807) is 6.92 Å². The van der Waals surface area contributed by atoms with Gasteiger partial charge in [0.15, 0.2) is 0 Å². The van der Waals surface area contributed by atoms with E-state index >= 15 is 0 Å². The molecule has 27 heavy (non-hydrogen) atoms. The number of nitrogens with zero attached hydrogens (tertiary/aromatic N) is 3. The number of rotatable bonds is 4. The highest BCUT2D eigenvalue weighted by atomic mass is 16.3. The van der Waals surface area contributed by atoms with E-state index < -0.39 is 29.4 Å². The molecular formula is C16H21N5O6. The third kappa shape index (κ3) is 3.77. The standard InChI is InChI=1S/C16H21N5O6/c1-9-6-21(16(27)18-14(9)25)10-7-19(8-11(10)22)12(23)3-5-20-13(24)2-4-17-15(20)26/h6,10-11,22H,2-5,7-8H2,1H3,(H,17,26)(H,18,25,27)/t10-,11-/m1/s1. The molecule has 3 N–H and O–H groups in total. The number of aliphatic hydroxyl groups excluding tert-OH is 1. The molecule has 11 heteroatoms. The van der Waals surface area contributed by atoms with Crippen LogP contribution in [0.25, 0.3) is 0 Å². The van der Waals surface area contributed by atoms with E-state index in [0.717, 1.165) is 4.90 Å². The number of β-amino-alcohol motifs (C(OH)–C–C–N with tert-alkyl or cyclic N) is 1. The van der Waals surface area contributed by atoms with Gasteiger partial charge in [-0.1, -0.05) is 0 Å². The van der Waals surface area contributed by atoms with Crippen molar-refractivity contribution in [2.45, 2.75) is 31.9 Å². The summed E-state index contributed by atoms with van der Waals surface area (Å²) in [6.07, 6.45) is 0.508. The van der Waals surface area contributed by atoms with Crippen molar-refractivity contribution in [2.24, 2.45) is 0 Å². The van der Waals surface area contributed by atoms with Crippen LogP contribution in [-0.4, -0.2) is 74.6 Å². The van der Waals surface area contributed by atoms with Crippen LogP contribution in [-0.2, 0) is 9.59 Å². The van der Waals surface area contributed by atoms with Gasteiger partial charge in [0.05, 0.1) is 12.1 Å². The van der Waals surface area contributed by atoms with Crippen LogP contribution in [0.1, 0.15) is 24.4 Å². The van der Waals surface area contributed by atoms with Crippen LogP contribution in [0, 0.1) is 6.92 Å². The Bertz CT molecular complexity index is 874. The summed E-state index contributed by atoms with van der Waals surface area (Å²) in [5, 5.41) is 12.8. The second kappa shape index (κ2) is 7.35. The monoisotopic (exact) mass is 379 g/mol. The summed E-state index contributed by atoms with van der Waals surface area (Å²) in [7, 11) is 0. The molecule has 146 valence electrons. The zero-order valence-electron chi connectivity index (χ0n) is 14.8. The van der Waals surface area contributed by atoms with E-state index in [0.29, 0.717) is 5.56 Å². The van der Waals surface area contributed by atoms with Crippen molar-refractivity contribution in [2.75, 3.05) is 26.2 Å². The first-order valence-electron chi connectivity index (χ1n) is 8.64. The van der Waals surface area contributed by atoms with Gasteiger partial charge in [0.25, 0.3) is 5.56 Å². The molecular weight excluding hydrogens is 358 g/mol. The molecule has 2 saturated heterocycles. The van der Waals surface area contributed by atoms with Crippen LogP contribution in [0.4, 0.5) is 4.79 Å². The second-order valence-electron chi connectivity index (χ2n) is 6.69. The summed E-state index contributed by atoms with van der Waals surface area (Å²) in [6, 6.07) is -1.20. The van der Waals surface area contributed by atoms with Gasteiger partial charge in [0, 0.05) is 50.8 Å². The minimum Gasteiger partial charge on any atom is -0.389 e. The number of aryl methyl sites for hydroxylation is 1. The zero-order chi connectivity index (χ0) is 19.7. The summed E-state index contributed by atoms with van der Waals surface area (Å²) in [6.45, 7) is 1.90. The maximum atomic E-state index is 12.4.